The van der Waals surface area contributed by atoms with Crippen LogP contribution in [0.5, 0.6) is 0 Å². The van der Waals surface area contributed by atoms with Gasteiger partial charge in [0.2, 0.25) is 5.92 Å². The van der Waals surface area contributed by atoms with Crippen molar-refractivity contribution < 1.29 is 13.6 Å². The van der Waals surface area contributed by atoms with E-state index in [1.807, 2.05) is 42.5 Å². The maximum atomic E-state index is 13.2. The van der Waals surface area contributed by atoms with Crippen molar-refractivity contribution in [3.8, 4) is 0 Å². The number of alkyl halides is 2. The highest BCUT2D eigenvalue weighted by molar-refractivity contribution is 5.91. The number of rotatable bonds is 3. The fourth-order valence-corrected chi connectivity index (χ4v) is 3.14. The third-order valence-corrected chi connectivity index (χ3v) is 4.42. The van der Waals surface area contributed by atoms with Gasteiger partial charge in [0, 0.05) is 25.2 Å². The summed E-state index contributed by atoms with van der Waals surface area (Å²) < 4.78 is 26.3. The molecule has 1 fully saturated rings. The van der Waals surface area contributed by atoms with Crippen molar-refractivity contribution in [3.05, 3.63) is 48.0 Å². The lowest BCUT2D eigenvalue weighted by molar-refractivity contribution is -0.126. The average Bonchev–Trinajstić information content (AvgIpc) is 2.47. The third-order valence-electron chi connectivity index (χ3n) is 4.42. The summed E-state index contributed by atoms with van der Waals surface area (Å²) >= 11 is 0. The quantitative estimate of drug-likeness (QED) is 0.794. The predicted octanol–water partition coefficient (Wildman–Crippen LogP) is 4.78. The normalized spacial score (nSPS) is 18.8. The second-order valence-electron chi connectivity index (χ2n) is 5.91. The molecule has 1 saturated carbocycles. The van der Waals surface area contributed by atoms with Gasteiger partial charge in [0.05, 0.1) is 0 Å². The van der Waals surface area contributed by atoms with Gasteiger partial charge < -0.3 is 0 Å². The van der Waals surface area contributed by atoms with Crippen LogP contribution in [-0.4, -0.2) is 11.7 Å². The molecule has 0 radical (unpaired) electrons. The molecule has 1 aliphatic carbocycles. The van der Waals surface area contributed by atoms with Crippen molar-refractivity contribution in [2.45, 2.75) is 38.0 Å². The minimum atomic E-state index is -2.57. The lowest BCUT2D eigenvalue weighted by Gasteiger charge is -2.27. The van der Waals surface area contributed by atoms with Gasteiger partial charge >= 0.3 is 0 Å². The summed E-state index contributed by atoms with van der Waals surface area (Å²) in [6.07, 6.45) is 0.669. The van der Waals surface area contributed by atoms with Crippen LogP contribution in [0.4, 0.5) is 8.78 Å². The van der Waals surface area contributed by atoms with E-state index in [0.29, 0.717) is 19.3 Å². The molecule has 21 heavy (non-hydrogen) atoms. The molecule has 0 heterocycles. The molecule has 0 aliphatic heterocycles. The lowest BCUT2D eigenvalue weighted by Crippen LogP contribution is -2.29. The van der Waals surface area contributed by atoms with Crippen LogP contribution in [-0.2, 0) is 11.2 Å². The summed E-state index contributed by atoms with van der Waals surface area (Å²) in [5.74, 6) is -2.68. The van der Waals surface area contributed by atoms with Gasteiger partial charge in [-0.1, -0.05) is 42.5 Å². The highest BCUT2D eigenvalue weighted by atomic mass is 19.3. The SMILES string of the molecule is O=C(Cc1cccc2ccccc12)C1CCC(F)(F)CC1. The molecule has 2 aromatic rings. The van der Waals surface area contributed by atoms with E-state index in [-0.39, 0.29) is 24.5 Å². The molecule has 3 rings (SSSR count). The molecule has 110 valence electrons. The van der Waals surface area contributed by atoms with E-state index in [9.17, 15) is 13.6 Å². The van der Waals surface area contributed by atoms with E-state index in [1.54, 1.807) is 0 Å². The van der Waals surface area contributed by atoms with Gasteiger partial charge in [0.1, 0.15) is 5.78 Å². The standard InChI is InChI=1S/C18H18F2O/c19-18(20)10-8-14(9-11-18)17(21)12-15-6-3-5-13-4-1-2-7-16(13)15/h1-7,14H,8-12H2. The molecule has 0 bridgehead atoms. The summed E-state index contributed by atoms with van der Waals surface area (Å²) in [6.45, 7) is 0. The number of Topliss-reactive ketones (excluding diaryl/α,β-unsaturated/α-hetero) is 1. The molecule has 0 spiro atoms. The Morgan fingerprint density at radius 3 is 2.48 bits per heavy atom. The molecule has 0 atom stereocenters. The smallest absolute Gasteiger partial charge is 0.248 e. The fraction of sp³-hybridized carbons (Fsp3) is 0.389. The van der Waals surface area contributed by atoms with Crippen molar-refractivity contribution in [3.63, 3.8) is 0 Å². The Labute approximate surface area is 123 Å². The Morgan fingerprint density at radius 2 is 1.71 bits per heavy atom. The van der Waals surface area contributed by atoms with Gasteiger partial charge in [0.15, 0.2) is 0 Å². The first-order valence-corrected chi connectivity index (χ1v) is 7.42. The van der Waals surface area contributed by atoms with Crippen LogP contribution in [0.15, 0.2) is 42.5 Å². The highest BCUT2D eigenvalue weighted by Crippen LogP contribution is 2.37. The van der Waals surface area contributed by atoms with Crippen LogP contribution in [0.2, 0.25) is 0 Å². The number of halogens is 2. The van der Waals surface area contributed by atoms with E-state index in [0.717, 1.165) is 16.3 Å². The largest absolute Gasteiger partial charge is 0.299 e. The summed E-state index contributed by atoms with van der Waals surface area (Å²) in [4.78, 5) is 12.4. The second-order valence-corrected chi connectivity index (χ2v) is 5.91. The number of carbonyl (C=O) groups is 1. The molecule has 0 saturated heterocycles. The lowest BCUT2D eigenvalue weighted by atomic mass is 9.82. The van der Waals surface area contributed by atoms with Crippen LogP contribution in [0, 0.1) is 5.92 Å². The molecular weight excluding hydrogens is 270 g/mol. The van der Waals surface area contributed by atoms with Gasteiger partial charge in [-0.25, -0.2) is 8.78 Å². The maximum Gasteiger partial charge on any atom is 0.248 e. The number of fused-ring (bicyclic) bond motifs is 1. The maximum absolute atomic E-state index is 13.2. The minimum absolute atomic E-state index is 0.0989. The Morgan fingerprint density at radius 1 is 1.05 bits per heavy atom. The van der Waals surface area contributed by atoms with E-state index >= 15 is 0 Å². The van der Waals surface area contributed by atoms with Gasteiger partial charge in [-0.3, -0.25) is 4.79 Å². The number of hydrogen-bond acceptors (Lipinski definition) is 1. The first-order chi connectivity index (χ1) is 10.1. The van der Waals surface area contributed by atoms with Gasteiger partial charge in [0.25, 0.3) is 0 Å². The summed E-state index contributed by atoms with van der Waals surface area (Å²) in [5.41, 5.74) is 0.996. The molecule has 0 amide bonds. The molecular formula is C18H18F2O. The zero-order chi connectivity index (χ0) is 14.9. The van der Waals surface area contributed by atoms with Crippen molar-refractivity contribution in [1.82, 2.24) is 0 Å². The first kappa shape index (κ1) is 14.2. The minimum Gasteiger partial charge on any atom is -0.299 e. The molecule has 1 nitrogen and oxygen atoms in total. The van der Waals surface area contributed by atoms with Crippen LogP contribution in [0.25, 0.3) is 10.8 Å². The number of hydrogen-bond donors (Lipinski definition) is 0. The third kappa shape index (κ3) is 3.12. The number of ketones is 1. The average molecular weight is 288 g/mol. The van der Waals surface area contributed by atoms with Crippen molar-refractivity contribution in [2.24, 2.45) is 5.92 Å². The summed E-state index contributed by atoms with van der Waals surface area (Å²) in [6, 6.07) is 13.9. The van der Waals surface area contributed by atoms with Crippen LogP contribution in [0.3, 0.4) is 0 Å². The zero-order valence-electron chi connectivity index (χ0n) is 11.8. The monoisotopic (exact) mass is 288 g/mol. The van der Waals surface area contributed by atoms with E-state index in [1.165, 1.54) is 0 Å². The molecule has 0 unspecified atom stereocenters. The molecule has 2 aromatic carbocycles. The summed E-state index contributed by atoms with van der Waals surface area (Å²) in [7, 11) is 0. The Kier molecular flexibility index (Phi) is 3.75. The zero-order valence-corrected chi connectivity index (χ0v) is 11.8. The van der Waals surface area contributed by atoms with E-state index in [2.05, 4.69) is 0 Å². The van der Waals surface area contributed by atoms with E-state index in [4.69, 9.17) is 0 Å². The number of benzene rings is 2. The molecule has 1 aliphatic rings. The first-order valence-electron chi connectivity index (χ1n) is 7.42. The van der Waals surface area contributed by atoms with Crippen LogP contribution < -0.4 is 0 Å². The van der Waals surface area contributed by atoms with Crippen molar-refractivity contribution >= 4 is 16.6 Å². The molecule has 0 aromatic heterocycles. The molecule has 0 N–H and O–H groups in total. The predicted molar refractivity (Wildman–Crippen MR) is 79.6 cm³/mol. The van der Waals surface area contributed by atoms with Crippen LogP contribution in [0.1, 0.15) is 31.2 Å². The van der Waals surface area contributed by atoms with Crippen molar-refractivity contribution in [2.75, 3.05) is 0 Å². The number of carbonyl (C=O) groups excluding carboxylic acids is 1. The fourth-order valence-electron chi connectivity index (χ4n) is 3.14. The molecule has 3 heteroatoms. The summed E-state index contributed by atoms with van der Waals surface area (Å²) in [5, 5.41) is 2.19. The Bertz CT molecular complexity index is 648. The highest BCUT2D eigenvalue weighted by Gasteiger charge is 2.37. The van der Waals surface area contributed by atoms with E-state index < -0.39 is 5.92 Å². The Balaban J connectivity index is 1.75. The second kappa shape index (κ2) is 5.55. The van der Waals surface area contributed by atoms with Crippen LogP contribution >= 0.6 is 0 Å². The van der Waals surface area contributed by atoms with Gasteiger partial charge in [-0.2, -0.15) is 0 Å². The van der Waals surface area contributed by atoms with Gasteiger partial charge in [-0.15, -0.1) is 0 Å². The van der Waals surface area contributed by atoms with Gasteiger partial charge in [-0.05, 0) is 29.2 Å². The topological polar surface area (TPSA) is 17.1 Å². The van der Waals surface area contributed by atoms with Crippen molar-refractivity contribution in [1.29, 1.82) is 0 Å². The Hall–Kier alpha value is -1.77.